The van der Waals surface area contributed by atoms with E-state index in [2.05, 4.69) is 67.8 Å². The molecule has 1 saturated heterocycles. The minimum Gasteiger partial charge on any atom is -0.366 e. The fourth-order valence-corrected chi connectivity index (χ4v) is 5.81. The zero-order chi connectivity index (χ0) is 27.4. The lowest BCUT2D eigenvalue weighted by molar-refractivity contribution is 0.0991. The van der Waals surface area contributed by atoms with Crippen LogP contribution < -0.4 is 16.4 Å². The molecule has 3 aromatic carbocycles. The summed E-state index contributed by atoms with van der Waals surface area (Å²) in [5.74, 6) is -0.553. The lowest BCUT2D eigenvalue weighted by atomic mass is 9.84. The van der Waals surface area contributed by atoms with Crippen LogP contribution in [-0.2, 0) is 6.54 Å². The molecule has 4 rings (SSSR count). The molecule has 1 aliphatic heterocycles. The van der Waals surface area contributed by atoms with Gasteiger partial charge in [-0.25, -0.2) is 0 Å². The monoisotopic (exact) mass is 512 g/mol. The molecule has 6 nitrogen and oxygen atoms in total. The van der Waals surface area contributed by atoms with Gasteiger partial charge in [0.1, 0.15) is 0 Å². The van der Waals surface area contributed by atoms with E-state index in [0.29, 0.717) is 11.1 Å². The summed E-state index contributed by atoms with van der Waals surface area (Å²) in [4.78, 5) is 29.4. The van der Waals surface area contributed by atoms with Crippen LogP contribution in [0.4, 0.5) is 11.4 Å². The van der Waals surface area contributed by atoms with Gasteiger partial charge >= 0.3 is 0 Å². The van der Waals surface area contributed by atoms with Gasteiger partial charge in [0.2, 0.25) is 11.8 Å². The lowest BCUT2D eigenvalue weighted by Crippen LogP contribution is -2.43. The molecule has 0 aliphatic carbocycles. The third-order valence-corrected chi connectivity index (χ3v) is 7.52. The zero-order valence-electron chi connectivity index (χ0n) is 23.0. The first-order valence-corrected chi connectivity index (χ1v) is 13.6. The van der Waals surface area contributed by atoms with E-state index in [9.17, 15) is 9.59 Å². The number of carbonyl (C=O) groups excluding carboxylic acids is 2. The molecule has 0 atom stereocenters. The third kappa shape index (κ3) is 5.91. The highest BCUT2D eigenvalue weighted by atomic mass is 16.1. The zero-order valence-corrected chi connectivity index (χ0v) is 23.0. The van der Waals surface area contributed by atoms with E-state index in [0.717, 1.165) is 55.0 Å². The summed E-state index contributed by atoms with van der Waals surface area (Å²) in [6.07, 6.45) is 1.94. The number of hydrogen-bond acceptors (Lipinski definition) is 4. The third-order valence-electron chi connectivity index (χ3n) is 7.52. The Balaban J connectivity index is 1.78. The quantitative estimate of drug-likeness (QED) is 0.371. The van der Waals surface area contributed by atoms with Gasteiger partial charge in [0.25, 0.3) is 0 Å². The maximum Gasteiger partial charge on any atom is 0.248 e. The SMILES string of the molecule is CC(C)c1c(C(N)=O)ccc(N(c2cccc(C(N)=O)c2)C2CCN(Cc3ccccc3)CC2)c1C(C)C. The van der Waals surface area contributed by atoms with Gasteiger partial charge in [0, 0.05) is 48.2 Å². The van der Waals surface area contributed by atoms with E-state index < -0.39 is 11.8 Å². The number of nitrogens with zero attached hydrogens (tertiary/aromatic N) is 2. The largest absolute Gasteiger partial charge is 0.366 e. The number of anilines is 2. The second kappa shape index (κ2) is 11.8. The van der Waals surface area contributed by atoms with E-state index in [1.54, 1.807) is 6.07 Å². The van der Waals surface area contributed by atoms with Crippen molar-refractivity contribution in [3.63, 3.8) is 0 Å². The number of likely N-dealkylation sites (tertiary alicyclic amines) is 1. The number of rotatable bonds is 9. The molecule has 0 bridgehead atoms. The first-order chi connectivity index (χ1) is 18.2. The van der Waals surface area contributed by atoms with Gasteiger partial charge in [-0.15, -0.1) is 0 Å². The average molecular weight is 513 g/mol. The molecule has 38 heavy (non-hydrogen) atoms. The normalized spacial score (nSPS) is 14.7. The summed E-state index contributed by atoms with van der Waals surface area (Å²) in [6, 6.07) is 22.3. The molecule has 1 aliphatic rings. The summed E-state index contributed by atoms with van der Waals surface area (Å²) >= 11 is 0. The first kappa shape index (κ1) is 27.4. The minimum absolute atomic E-state index is 0.126. The fraction of sp³-hybridized carbons (Fsp3) is 0.375. The van der Waals surface area contributed by atoms with Crippen LogP contribution in [0.5, 0.6) is 0 Å². The number of amides is 2. The standard InChI is InChI=1S/C32H40N4O2/c1-21(2)29-27(32(34)38)13-14-28(30(29)22(3)4)36(26-12-8-11-24(19-26)31(33)37)25-15-17-35(18-16-25)20-23-9-6-5-7-10-23/h5-14,19,21-22,25H,15-18,20H2,1-4H3,(H2,33,37)(H2,34,38). The number of nitrogens with two attached hydrogens (primary N) is 2. The summed E-state index contributed by atoms with van der Waals surface area (Å²) < 4.78 is 0. The lowest BCUT2D eigenvalue weighted by Gasteiger charge is -2.42. The van der Waals surface area contributed by atoms with E-state index >= 15 is 0 Å². The molecule has 2 amide bonds. The van der Waals surface area contributed by atoms with Crippen LogP contribution in [0.1, 0.15) is 89.8 Å². The number of carbonyl (C=O) groups is 2. The predicted molar refractivity (Wildman–Crippen MR) is 155 cm³/mol. The van der Waals surface area contributed by atoms with Gasteiger partial charge in [0.15, 0.2) is 0 Å². The van der Waals surface area contributed by atoms with E-state index in [1.807, 2.05) is 30.3 Å². The molecular weight excluding hydrogens is 472 g/mol. The predicted octanol–water partition coefficient (Wildman–Crippen LogP) is 5.93. The van der Waals surface area contributed by atoms with Gasteiger partial charge < -0.3 is 16.4 Å². The first-order valence-electron chi connectivity index (χ1n) is 13.6. The van der Waals surface area contributed by atoms with Crippen molar-refractivity contribution in [1.29, 1.82) is 0 Å². The fourth-order valence-electron chi connectivity index (χ4n) is 5.81. The number of benzene rings is 3. The highest BCUT2D eigenvalue weighted by Gasteiger charge is 2.31. The van der Waals surface area contributed by atoms with Gasteiger partial charge in [-0.05, 0) is 71.7 Å². The second-order valence-electron chi connectivity index (χ2n) is 10.9. The number of primary amides is 2. The van der Waals surface area contributed by atoms with Crippen molar-refractivity contribution < 1.29 is 9.59 Å². The Morgan fingerprint density at radius 1 is 0.842 bits per heavy atom. The molecule has 200 valence electrons. The highest BCUT2D eigenvalue weighted by Crippen LogP contribution is 2.42. The number of hydrogen-bond donors (Lipinski definition) is 2. The van der Waals surface area contributed by atoms with Crippen LogP contribution >= 0.6 is 0 Å². The molecule has 0 radical (unpaired) electrons. The van der Waals surface area contributed by atoms with Crippen LogP contribution in [0, 0.1) is 0 Å². The Labute approximate surface area is 226 Å². The van der Waals surface area contributed by atoms with Crippen LogP contribution in [0.3, 0.4) is 0 Å². The maximum absolute atomic E-state index is 12.4. The molecule has 6 heteroatoms. The van der Waals surface area contributed by atoms with Crippen molar-refractivity contribution in [2.45, 2.75) is 65.0 Å². The van der Waals surface area contributed by atoms with Crippen LogP contribution in [0.25, 0.3) is 0 Å². The van der Waals surface area contributed by atoms with Gasteiger partial charge in [0.05, 0.1) is 0 Å². The summed E-state index contributed by atoms with van der Waals surface area (Å²) in [6.45, 7) is 11.4. The van der Waals surface area contributed by atoms with E-state index in [1.165, 1.54) is 5.56 Å². The number of piperidine rings is 1. The molecule has 3 aromatic rings. The van der Waals surface area contributed by atoms with Crippen LogP contribution in [0.2, 0.25) is 0 Å². The topological polar surface area (TPSA) is 92.7 Å². The molecule has 4 N–H and O–H groups in total. The van der Waals surface area contributed by atoms with Crippen molar-refractivity contribution in [1.82, 2.24) is 4.90 Å². The van der Waals surface area contributed by atoms with Gasteiger partial charge in [-0.3, -0.25) is 14.5 Å². The summed E-state index contributed by atoms with van der Waals surface area (Å²) in [5.41, 5.74) is 18.0. The van der Waals surface area contributed by atoms with Crippen molar-refractivity contribution in [2.75, 3.05) is 18.0 Å². The van der Waals surface area contributed by atoms with E-state index in [-0.39, 0.29) is 17.9 Å². The summed E-state index contributed by atoms with van der Waals surface area (Å²) in [5, 5.41) is 0. The van der Waals surface area contributed by atoms with Crippen LogP contribution in [0.15, 0.2) is 66.7 Å². The highest BCUT2D eigenvalue weighted by molar-refractivity contribution is 5.96. The van der Waals surface area contributed by atoms with E-state index in [4.69, 9.17) is 11.5 Å². The van der Waals surface area contributed by atoms with Crippen molar-refractivity contribution in [3.05, 3.63) is 94.5 Å². The minimum atomic E-state index is -0.444. The molecule has 1 heterocycles. The maximum atomic E-state index is 12.4. The van der Waals surface area contributed by atoms with Gasteiger partial charge in [-0.2, -0.15) is 0 Å². The average Bonchev–Trinajstić information content (AvgIpc) is 2.90. The second-order valence-corrected chi connectivity index (χ2v) is 10.9. The van der Waals surface area contributed by atoms with Gasteiger partial charge in [-0.1, -0.05) is 64.1 Å². The Kier molecular flexibility index (Phi) is 8.52. The molecular formula is C32H40N4O2. The van der Waals surface area contributed by atoms with Crippen molar-refractivity contribution in [2.24, 2.45) is 11.5 Å². The van der Waals surface area contributed by atoms with Crippen molar-refractivity contribution >= 4 is 23.2 Å². The molecule has 0 aromatic heterocycles. The van der Waals surface area contributed by atoms with Crippen LogP contribution in [-0.4, -0.2) is 35.8 Å². The molecule has 0 spiro atoms. The Hall–Kier alpha value is -3.64. The molecule has 1 fully saturated rings. The Morgan fingerprint density at radius 2 is 1.50 bits per heavy atom. The molecule has 0 unspecified atom stereocenters. The Bertz CT molecular complexity index is 1280. The molecule has 0 saturated carbocycles. The smallest absolute Gasteiger partial charge is 0.248 e. The summed E-state index contributed by atoms with van der Waals surface area (Å²) in [7, 11) is 0. The Morgan fingerprint density at radius 3 is 2.08 bits per heavy atom. The van der Waals surface area contributed by atoms with Crippen molar-refractivity contribution in [3.8, 4) is 0 Å².